The summed E-state index contributed by atoms with van der Waals surface area (Å²) in [5, 5.41) is 18.8. The molecule has 5 atom stereocenters. The highest BCUT2D eigenvalue weighted by molar-refractivity contribution is 4.95. The first-order valence-electron chi connectivity index (χ1n) is 3.90. The monoisotopic (exact) mass is 176 g/mol. The summed E-state index contributed by atoms with van der Waals surface area (Å²) in [6.07, 6.45) is -3.12. The van der Waals surface area contributed by atoms with Crippen LogP contribution in [0.25, 0.3) is 0 Å². The maximum absolute atomic E-state index is 9.49. The highest BCUT2D eigenvalue weighted by Gasteiger charge is 2.50. The molecule has 2 rings (SSSR count). The highest BCUT2D eigenvalue weighted by Crippen LogP contribution is 2.29. The van der Waals surface area contributed by atoms with Gasteiger partial charge in [-0.1, -0.05) is 0 Å². The molecule has 0 spiro atoms. The van der Waals surface area contributed by atoms with Gasteiger partial charge in [0.15, 0.2) is 6.29 Å². The lowest BCUT2D eigenvalue weighted by atomic mass is 10.0. The lowest BCUT2D eigenvalue weighted by Gasteiger charge is -2.34. The number of rotatable bonds is 1. The Hall–Kier alpha value is -0.200. The quantitative estimate of drug-likeness (QED) is 0.507. The van der Waals surface area contributed by atoms with Crippen molar-refractivity contribution in [1.82, 2.24) is 0 Å². The second kappa shape index (κ2) is 2.93. The van der Waals surface area contributed by atoms with Crippen LogP contribution in [0.1, 0.15) is 0 Å². The fraction of sp³-hybridized carbons (Fsp3) is 1.00. The lowest BCUT2D eigenvalue weighted by molar-refractivity contribution is -0.249. The van der Waals surface area contributed by atoms with Crippen molar-refractivity contribution in [2.75, 3.05) is 13.7 Å². The molecule has 2 bridgehead atoms. The first-order chi connectivity index (χ1) is 5.74. The molecule has 5 heteroatoms. The summed E-state index contributed by atoms with van der Waals surface area (Å²) >= 11 is 0. The van der Waals surface area contributed by atoms with Crippen molar-refractivity contribution in [3.63, 3.8) is 0 Å². The van der Waals surface area contributed by atoms with Crippen molar-refractivity contribution >= 4 is 0 Å². The number of aliphatic hydroxyl groups excluding tert-OH is 2. The van der Waals surface area contributed by atoms with Crippen LogP contribution in [-0.4, -0.2) is 54.6 Å². The number of fused-ring (bicyclic) bond motifs is 2. The Bertz CT molecular complexity index is 173. The summed E-state index contributed by atoms with van der Waals surface area (Å²) in [7, 11) is 1.45. The third-order valence-corrected chi connectivity index (χ3v) is 2.36. The number of ether oxygens (including phenoxy) is 3. The van der Waals surface area contributed by atoms with Crippen molar-refractivity contribution < 1.29 is 24.4 Å². The van der Waals surface area contributed by atoms with Gasteiger partial charge in [0.1, 0.15) is 24.4 Å². The van der Waals surface area contributed by atoms with E-state index in [4.69, 9.17) is 14.2 Å². The van der Waals surface area contributed by atoms with Gasteiger partial charge in [-0.25, -0.2) is 0 Å². The largest absolute Gasteiger partial charge is 0.387 e. The van der Waals surface area contributed by atoms with Gasteiger partial charge in [0.25, 0.3) is 0 Å². The molecule has 0 aromatic heterocycles. The summed E-state index contributed by atoms with van der Waals surface area (Å²) in [6.45, 7) is 0.322. The Morgan fingerprint density at radius 3 is 2.83 bits per heavy atom. The second-order valence-corrected chi connectivity index (χ2v) is 3.05. The first kappa shape index (κ1) is 8.40. The lowest BCUT2D eigenvalue weighted by Crippen LogP contribution is -2.53. The van der Waals surface area contributed by atoms with Crippen LogP contribution in [0.4, 0.5) is 0 Å². The molecule has 2 heterocycles. The van der Waals surface area contributed by atoms with E-state index in [0.717, 1.165) is 0 Å². The van der Waals surface area contributed by atoms with Gasteiger partial charge in [0.05, 0.1) is 6.61 Å². The van der Waals surface area contributed by atoms with E-state index >= 15 is 0 Å². The maximum atomic E-state index is 9.49. The van der Waals surface area contributed by atoms with Gasteiger partial charge in [-0.3, -0.25) is 0 Å². The molecule has 12 heavy (non-hydrogen) atoms. The van der Waals surface area contributed by atoms with E-state index in [-0.39, 0.29) is 0 Å². The molecule has 2 fully saturated rings. The van der Waals surface area contributed by atoms with E-state index in [2.05, 4.69) is 0 Å². The van der Waals surface area contributed by atoms with Gasteiger partial charge < -0.3 is 24.4 Å². The van der Waals surface area contributed by atoms with Gasteiger partial charge in [-0.15, -0.1) is 0 Å². The van der Waals surface area contributed by atoms with Crippen molar-refractivity contribution in [3.8, 4) is 0 Å². The minimum atomic E-state index is -0.990. The molecule has 0 aromatic rings. The van der Waals surface area contributed by atoms with Crippen molar-refractivity contribution in [3.05, 3.63) is 0 Å². The van der Waals surface area contributed by atoms with E-state index in [1.165, 1.54) is 7.11 Å². The van der Waals surface area contributed by atoms with E-state index in [1.54, 1.807) is 0 Å². The van der Waals surface area contributed by atoms with Gasteiger partial charge in [-0.05, 0) is 0 Å². The third kappa shape index (κ3) is 1.06. The number of hydrogen-bond acceptors (Lipinski definition) is 5. The molecule has 0 radical (unpaired) electrons. The van der Waals surface area contributed by atoms with Crippen molar-refractivity contribution in [1.29, 1.82) is 0 Å². The second-order valence-electron chi connectivity index (χ2n) is 3.05. The molecule has 0 unspecified atom stereocenters. The van der Waals surface area contributed by atoms with Crippen LogP contribution >= 0.6 is 0 Å². The summed E-state index contributed by atoms with van der Waals surface area (Å²) in [6, 6.07) is 0. The standard InChI is InChI=1S/C7H12O5/c1-10-6-5-4(8)3(2-11-5)12-7(6)9/h3-9H,2H2,1H3/t3-,4+,5+,6-,7+/m1/s1. The average Bonchev–Trinajstić information content (AvgIpc) is 2.34. The topological polar surface area (TPSA) is 68.2 Å². The zero-order chi connectivity index (χ0) is 8.72. The van der Waals surface area contributed by atoms with Crippen molar-refractivity contribution in [2.24, 2.45) is 0 Å². The highest BCUT2D eigenvalue weighted by atomic mass is 16.7. The predicted molar refractivity (Wildman–Crippen MR) is 37.4 cm³/mol. The van der Waals surface area contributed by atoms with Crippen LogP contribution in [0.15, 0.2) is 0 Å². The molecule has 0 aliphatic carbocycles. The van der Waals surface area contributed by atoms with Crippen LogP contribution in [0.3, 0.4) is 0 Å². The smallest absolute Gasteiger partial charge is 0.184 e. The Labute approximate surface area is 69.8 Å². The van der Waals surface area contributed by atoms with E-state index < -0.39 is 30.7 Å². The number of aliphatic hydroxyl groups is 2. The molecule has 2 N–H and O–H groups in total. The van der Waals surface area contributed by atoms with Gasteiger partial charge in [-0.2, -0.15) is 0 Å². The molecule has 5 nitrogen and oxygen atoms in total. The Morgan fingerprint density at radius 1 is 1.42 bits per heavy atom. The summed E-state index contributed by atoms with van der Waals surface area (Å²) < 4.78 is 15.2. The first-order valence-corrected chi connectivity index (χ1v) is 3.90. The zero-order valence-electron chi connectivity index (χ0n) is 6.71. The molecule has 0 amide bonds. The van der Waals surface area contributed by atoms with Gasteiger partial charge in [0.2, 0.25) is 0 Å². The maximum Gasteiger partial charge on any atom is 0.184 e. The average molecular weight is 176 g/mol. The normalized spacial score (nSPS) is 52.8. The van der Waals surface area contributed by atoms with Crippen molar-refractivity contribution in [2.45, 2.75) is 30.7 Å². The Balaban J connectivity index is 2.14. The fourth-order valence-corrected chi connectivity index (χ4v) is 1.69. The van der Waals surface area contributed by atoms with Crippen LogP contribution in [0.5, 0.6) is 0 Å². The minimum absolute atomic E-state index is 0.322. The number of methoxy groups -OCH3 is 1. The van der Waals surface area contributed by atoms with E-state index in [9.17, 15) is 10.2 Å². The third-order valence-electron chi connectivity index (χ3n) is 2.36. The van der Waals surface area contributed by atoms with Crippen LogP contribution < -0.4 is 0 Å². The minimum Gasteiger partial charge on any atom is -0.387 e. The molecular weight excluding hydrogens is 164 g/mol. The zero-order valence-corrected chi connectivity index (χ0v) is 6.71. The van der Waals surface area contributed by atoms with Crippen LogP contribution in [0.2, 0.25) is 0 Å². The summed E-state index contributed by atoms with van der Waals surface area (Å²) in [4.78, 5) is 0. The Morgan fingerprint density at radius 2 is 2.17 bits per heavy atom. The molecule has 2 saturated heterocycles. The van der Waals surface area contributed by atoms with Gasteiger partial charge >= 0.3 is 0 Å². The molecule has 2 aliphatic heterocycles. The fourth-order valence-electron chi connectivity index (χ4n) is 1.69. The molecule has 2 aliphatic rings. The van der Waals surface area contributed by atoms with Crippen LogP contribution in [0, 0.1) is 0 Å². The summed E-state index contributed by atoms with van der Waals surface area (Å²) in [5.41, 5.74) is 0. The van der Waals surface area contributed by atoms with E-state index in [1.807, 2.05) is 0 Å². The Kier molecular flexibility index (Phi) is 2.05. The number of hydrogen-bond donors (Lipinski definition) is 2. The molecule has 0 aromatic carbocycles. The predicted octanol–water partition coefficient (Wildman–Crippen LogP) is -1.52. The van der Waals surface area contributed by atoms with E-state index in [0.29, 0.717) is 6.61 Å². The molecule has 0 saturated carbocycles. The SMILES string of the molecule is CO[C@@H]1[C@H]2OC[C@@H](O[C@@H]1O)[C@@H]2O. The van der Waals surface area contributed by atoms with Crippen LogP contribution in [-0.2, 0) is 14.2 Å². The van der Waals surface area contributed by atoms with Gasteiger partial charge in [0, 0.05) is 7.11 Å². The molecular formula is C7H12O5. The molecule has 70 valence electrons. The summed E-state index contributed by atoms with van der Waals surface area (Å²) in [5.74, 6) is 0.